The lowest BCUT2D eigenvalue weighted by Gasteiger charge is -2.25. The number of piperazine rings is 1. The van der Waals surface area contributed by atoms with Crippen LogP contribution in [0.5, 0.6) is 0 Å². The van der Waals surface area contributed by atoms with E-state index >= 15 is 0 Å². The Kier molecular flexibility index (Phi) is 2.43. The van der Waals surface area contributed by atoms with E-state index in [1.807, 2.05) is 0 Å². The minimum absolute atomic E-state index is 0.0509. The van der Waals surface area contributed by atoms with Crippen LogP contribution in [0, 0.1) is 0 Å². The van der Waals surface area contributed by atoms with Crippen LogP contribution < -0.4 is 10.7 Å². The minimum Gasteiger partial charge on any atom is -0.354 e. The molecule has 1 fully saturated rings. The molecule has 0 aromatic carbocycles. The summed E-state index contributed by atoms with van der Waals surface area (Å²) in [6.07, 6.45) is 0. The summed E-state index contributed by atoms with van der Waals surface area (Å²) in [5.74, 6) is -0.190. The first-order valence-electron chi connectivity index (χ1n) is 3.47. The first-order chi connectivity index (χ1) is 5.18. The zero-order valence-corrected chi connectivity index (χ0v) is 6.39. The zero-order valence-electron chi connectivity index (χ0n) is 6.39. The highest BCUT2D eigenvalue weighted by atomic mass is 16.2. The van der Waals surface area contributed by atoms with E-state index in [1.54, 1.807) is 5.01 Å². The van der Waals surface area contributed by atoms with Gasteiger partial charge in [-0.15, -0.1) is 0 Å². The maximum absolute atomic E-state index is 10.8. The Bertz CT molecular complexity index is 179. The molecule has 0 atom stereocenters. The molecule has 1 heterocycles. The molecule has 0 aromatic heterocycles. The number of hydrogen-bond donors (Lipinski definition) is 2. The Morgan fingerprint density at radius 2 is 2.45 bits per heavy atom. The van der Waals surface area contributed by atoms with Crippen molar-refractivity contribution in [1.29, 1.82) is 0 Å². The second kappa shape index (κ2) is 3.34. The summed E-state index contributed by atoms with van der Waals surface area (Å²) in [5.41, 5.74) is 2.55. The Labute approximate surface area is 64.7 Å². The maximum atomic E-state index is 10.8. The molecule has 0 radical (unpaired) electrons. The lowest BCUT2D eigenvalue weighted by atomic mass is 10.4. The molecular formula is C6H11N3O2. The summed E-state index contributed by atoms with van der Waals surface area (Å²) >= 11 is 0. The van der Waals surface area contributed by atoms with E-state index in [0.29, 0.717) is 13.1 Å². The molecule has 2 N–H and O–H groups in total. The van der Waals surface area contributed by atoms with Crippen molar-refractivity contribution >= 4 is 11.8 Å². The number of nitrogens with zero attached hydrogens (tertiary/aromatic N) is 1. The molecule has 1 rings (SSSR count). The number of rotatable bonds is 1. The Balaban J connectivity index is 2.34. The van der Waals surface area contributed by atoms with Crippen LogP contribution in [0.2, 0.25) is 0 Å². The molecule has 0 aromatic rings. The van der Waals surface area contributed by atoms with Gasteiger partial charge in [0.2, 0.25) is 11.8 Å². The molecule has 0 bridgehead atoms. The van der Waals surface area contributed by atoms with Crippen LogP contribution in [0.25, 0.3) is 0 Å². The number of carbonyl (C=O) groups excluding carboxylic acids is 2. The maximum Gasteiger partial charge on any atom is 0.236 e. The fraction of sp³-hybridized carbons (Fsp3) is 0.667. The van der Waals surface area contributed by atoms with Gasteiger partial charge in [-0.25, -0.2) is 5.01 Å². The molecule has 11 heavy (non-hydrogen) atoms. The van der Waals surface area contributed by atoms with E-state index < -0.39 is 0 Å². The molecule has 0 saturated carbocycles. The van der Waals surface area contributed by atoms with Crippen molar-refractivity contribution in [2.75, 3.05) is 19.6 Å². The van der Waals surface area contributed by atoms with E-state index in [4.69, 9.17) is 0 Å². The van der Waals surface area contributed by atoms with Crippen LogP contribution in [0.15, 0.2) is 0 Å². The lowest BCUT2D eigenvalue weighted by Crippen LogP contribution is -2.54. The van der Waals surface area contributed by atoms with Gasteiger partial charge in [-0.2, -0.15) is 0 Å². The Morgan fingerprint density at radius 3 is 3.00 bits per heavy atom. The number of hydrogen-bond acceptors (Lipinski definition) is 3. The quantitative estimate of drug-likeness (QED) is 0.485. The van der Waals surface area contributed by atoms with E-state index in [-0.39, 0.29) is 18.4 Å². The van der Waals surface area contributed by atoms with Gasteiger partial charge in [0, 0.05) is 20.0 Å². The molecule has 1 aliphatic rings. The van der Waals surface area contributed by atoms with Gasteiger partial charge in [0.15, 0.2) is 0 Å². The van der Waals surface area contributed by atoms with Crippen LogP contribution in [-0.2, 0) is 9.59 Å². The standard InChI is InChI=1S/C6H11N3O2/c1-5(10)8-9-3-2-7-6(11)4-9/h2-4H2,1H3,(H,7,11)(H,8,10). The van der Waals surface area contributed by atoms with Gasteiger partial charge >= 0.3 is 0 Å². The van der Waals surface area contributed by atoms with E-state index in [1.165, 1.54) is 6.92 Å². The largest absolute Gasteiger partial charge is 0.354 e. The van der Waals surface area contributed by atoms with Crippen LogP contribution in [-0.4, -0.2) is 36.5 Å². The van der Waals surface area contributed by atoms with Crippen molar-refractivity contribution in [1.82, 2.24) is 15.8 Å². The van der Waals surface area contributed by atoms with Crippen LogP contribution in [0.3, 0.4) is 0 Å². The summed E-state index contributed by atoms with van der Waals surface area (Å²) in [6.45, 7) is 2.94. The molecule has 62 valence electrons. The first kappa shape index (κ1) is 8.00. The third kappa shape index (κ3) is 2.55. The first-order valence-corrected chi connectivity index (χ1v) is 3.47. The lowest BCUT2D eigenvalue weighted by molar-refractivity contribution is -0.129. The molecule has 1 aliphatic heterocycles. The third-order valence-corrected chi connectivity index (χ3v) is 1.35. The van der Waals surface area contributed by atoms with E-state index in [0.717, 1.165) is 0 Å². The van der Waals surface area contributed by atoms with Gasteiger partial charge in [0.1, 0.15) is 0 Å². The molecule has 5 heteroatoms. The highest BCUT2D eigenvalue weighted by molar-refractivity contribution is 5.79. The monoisotopic (exact) mass is 157 g/mol. The van der Waals surface area contributed by atoms with E-state index in [2.05, 4.69) is 10.7 Å². The molecular weight excluding hydrogens is 146 g/mol. The number of nitrogens with one attached hydrogen (secondary N) is 2. The summed E-state index contributed by atoms with van der Waals surface area (Å²) < 4.78 is 0. The number of carbonyl (C=O) groups is 2. The molecule has 0 unspecified atom stereocenters. The van der Waals surface area contributed by atoms with Gasteiger partial charge in [0.05, 0.1) is 6.54 Å². The van der Waals surface area contributed by atoms with Gasteiger partial charge < -0.3 is 5.32 Å². The summed E-state index contributed by atoms with van der Waals surface area (Å²) in [7, 11) is 0. The molecule has 5 nitrogen and oxygen atoms in total. The van der Waals surface area contributed by atoms with Gasteiger partial charge in [0.25, 0.3) is 0 Å². The highest BCUT2D eigenvalue weighted by Gasteiger charge is 2.15. The second-order valence-electron chi connectivity index (χ2n) is 2.44. The van der Waals surface area contributed by atoms with Gasteiger partial charge in [-0.3, -0.25) is 15.0 Å². The highest BCUT2D eigenvalue weighted by Crippen LogP contribution is 1.87. The SMILES string of the molecule is CC(=O)NN1CCNC(=O)C1. The van der Waals surface area contributed by atoms with Crippen molar-refractivity contribution in [3.05, 3.63) is 0 Å². The van der Waals surface area contributed by atoms with Crippen molar-refractivity contribution in [3.8, 4) is 0 Å². The van der Waals surface area contributed by atoms with Crippen LogP contribution >= 0.6 is 0 Å². The average Bonchev–Trinajstić information content (AvgIpc) is 1.85. The molecule has 2 amide bonds. The average molecular weight is 157 g/mol. The smallest absolute Gasteiger partial charge is 0.236 e. The summed E-state index contributed by atoms with van der Waals surface area (Å²) in [4.78, 5) is 21.3. The topological polar surface area (TPSA) is 61.4 Å². The zero-order chi connectivity index (χ0) is 8.27. The van der Waals surface area contributed by atoms with Gasteiger partial charge in [-0.1, -0.05) is 0 Å². The summed E-state index contributed by atoms with van der Waals surface area (Å²) in [5, 5.41) is 4.25. The van der Waals surface area contributed by atoms with E-state index in [9.17, 15) is 9.59 Å². The van der Waals surface area contributed by atoms with Crippen LogP contribution in [0.1, 0.15) is 6.92 Å². The predicted molar refractivity (Wildman–Crippen MR) is 38.4 cm³/mol. The van der Waals surface area contributed by atoms with Crippen molar-refractivity contribution < 1.29 is 9.59 Å². The third-order valence-electron chi connectivity index (χ3n) is 1.35. The summed E-state index contributed by atoms with van der Waals surface area (Å²) in [6, 6.07) is 0. The van der Waals surface area contributed by atoms with Gasteiger partial charge in [-0.05, 0) is 0 Å². The Morgan fingerprint density at radius 1 is 1.73 bits per heavy atom. The van der Waals surface area contributed by atoms with Crippen molar-refractivity contribution in [2.45, 2.75) is 6.92 Å². The van der Waals surface area contributed by atoms with Crippen molar-refractivity contribution in [3.63, 3.8) is 0 Å². The normalized spacial score (nSPS) is 19.2. The van der Waals surface area contributed by atoms with Crippen molar-refractivity contribution in [2.24, 2.45) is 0 Å². The minimum atomic E-state index is -0.139. The number of amides is 2. The molecule has 1 saturated heterocycles. The Hall–Kier alpha value is -1.10. The number of hydrazine groups is 1. The molecule has 0 aliphatic carbocycles. The molecule has 0 spiro atoms. The fourth-order valence-corrected chi connectivity index (χ4v) is 0.957. The second-order valence-corrected chi connectivity index (χ2v) is 2.44. The fourth-order valence-electron chi connectivity index (χ4n) is 0.957. The predicted octanol–water partition coefficient (Wildman–Crippen LogP) is -1.53. The van der Waals surface area contributed by atoms with Crippen LogP contribution in [0.4, 0.5) is 0 Å².